The molecule has 0 saturated carbocycles. The van der Waals surface area contributed by atoms with E-state index in [2.05, 4.69) is 0 Å². The molecule has 0 aromatic rings. The third-order valence-electron chi connectivity index (χ3n) is 1.95. The highest BCUT2D eigenvalue weighted by molar-refractivity contribution is 7.58. The zero-order valence-electron chi connectivity index (χ0n) is 8.31. The Bertz CT molecular complexity index is 184. The molecule has 0 saturated heterocycles. The molecule has 0 bridgehead atoms. The summed E-state index contributed by atoms with van der Waals surface area (Å²) in [5, 5.41) is 9.40. The van der Waals surface area contributed by atoms with Crippen LogP contribution in [0.5, 0.6) is 0 Å². The van der Waals surface area contributed by atoms with Crippen molar-refractivity contribution in [3.05, 3.63) is 0 Å². The Morgan fingerprint density at radius 2 is 2.00 bits per heavy atom. The van der Waals surface area contributed by atoms with Crippen LogP contribution < -0.4 is 5.73 Å². The Balaban J connectivity index is 3.94. The number of hydrogen-bond donors (Lipinski definition) is 3. The van der Waals surface area contributed by atoms with Crippen molar-refractivity contribution in [2.45, 2.75) is 26.4 Å². The minimum atomic E-state index is -3.15. The van der Waals surface area contributed by atoms with Crippen molar-refractivity contribution < 1.29 is 14.6 Å². The molecule has 13 heavy (non-hydrogen) atoms. The molecule has 1 unspecified atom stereocenters. The average Bonchev–Trinajstić information content (AvgIpc) is 2.00. The second-order valence-electron chi connectivity index (χ2n) is 3.71. The van der Waals surface area contributed by atoms with Crippen LogP contribution in [-0.2, 0) is 4.57 Å². The number of hydrogen-bond acceptors (Lipinski definition) is 3. The van der Waals surface area contributed by atoms with Gasteiger partial charge in [-0.05, 0) is 18.9 Å². The number of aliphatic hydroxyl groups is 1. The summed E-state index contributed by atoms with van der Waals surface area (Å²) in [7, 11) is -3.15. The van der Waals surface area contributed by atoms with Crippen molar-refractivity contribution in [2.24, 2.45) is 11.7 Å². The van der Waals surface area contributed by atoms with Crippen molar-refractivity contribution in [3.63, 3.8) is 0 Å². The molecule has 0 aliphatic heterocycles. The lowest BCUT2D eigenvalue weighted by Gasteiger charge is -2.18. The Morgan fingerprint density at radius 1 is 1.46 bits per heavy atom. The Kier molecular flexibility index (Phi) is 5.81. The Morgan fingerprint density at radius 3 is 2.38 bits per heavy atom. The van der Waals surface area contributed by atoms with E-state index in [1.54, 1.807) is 0 Å². The Labute approximate surface area is 79.6 Å². The van der Waals surface area contributed by atoms with E-state index in [0.29, 0.717) is 13.0 Å². The highest BCUT2D eigenvalue weighted by atomic mass is 31.2. The normalized spacial score (nSPS) is 18.6. The molecule has 80 valence electrons. The highest BCUT2D eigenvalue weighted by Gasteiger charge is 2.23. The third-order valence-corrected chi connectivity index (χ3v) is 3.91. The van der Waals surface area contributed by atoms with Crippen molar-refractivity contribution in [2.75, 3.05) is 18.9 Å². The van der Waals surface area contributed by atoms with Gasteiger partial charge in [-0.25, -0.2) is 0 Å². The molecule has 0 aliphatic carbocycles. The van der Waals surface area contributed by atoms with Crippen molar-refractivity contribution in [3.8, 4) is 0 Å². The van der Waals surface area contributed by atoms with Gasteiger partial charge in [-0.1, -0.05) is 13.8 Å². The smallest absolute Gasteiger partial charge is 0.203 e. The van der Waals surface area contributed by atoms with Gasteiger partial charge in [0, 0.05) is 6.16 Å². The van der Waals surface area contributed by atoms with Gasteiger partial charge in [0.05, 0.1) is 12.3 Å². The third kappa shape index (κ3) is 6.22. The van der Waals surface area contributed by atoms with E-state index in [1.165, 1.54) is 0 Å². The van der Waals surface area contributed by atoms with Gasteiger partial charge in [-0.15, -0.1) is 0 Å². The van der Waals surface area contributed by atoms with Gasteiger partial charge in [-0.3, -0.25) is 4.57 Å². The van der Waals surface area contributed by atoms with E-state index in [9.17, 15) is 14.6 Å². The lowest BCUT2D eigenvalue weighted by Crippen LogP contribution is -2.20. The predicted molar refractivity (Wildman–Crippen MR) is 54.1 cm³/mol. The Hall–Kier alpha value is 0.110. The molecule has 0 fully saturated rings. The molecule has 0 spiro atoms. The zero-order chi connectivity index (χ0) is 10.5. The molecule has 2 atom stereocenters. The van der Waals surface area contributed by atoms with Crippen LogP contribution in [0.25, 0.3) is 0 Å². The van der Waals surface area contributed by atoms with Gasteiger partial charge < -0.3 is 15.7 Å². The number of rotatable bonds is 6. The van der Waals surface area contributed by atoms with Crippen LogP contribution in [0.4, 0.5) is 0 Å². The van der Waals surface area contributed by atoms with E-state index in [1.807, 2.05) is 13.8 Å². The van der Waals surface area contributed by atoms with Crippen LogP contribution >= 0.6 is 7.37 Å². The zero-order valence-corrected chi connectivity index (χ0v) is 9.20. The summed E-state index contributed by atoms with van der Waals surface area (Å²) in [6.07, 6.45) is 0.0601. The lowest BCUT2D eigenvalue weighted by molar-refractivity contribution is 0.144. The van der Waals surface area contributed by atoms with Crippen LogP contribution in [0.2, 0.25) is 0 Å². The monoisotopic (exact) mass is 209 g/mol. The van der Waals surface area contributed by atoms with Crippen LogP contribution in [0, 0.1) is 5.92 Å². The summed E-state index contributed by atoms with van der Waals surface area (Å²) in [5.74, 6) is 0.0263. The van der Waals surface area contributed by atoms with E-state index in [0.717, 1.165) is 0 Å². The molecule has 0 aromatic carbocycles. The van der Waals surface area contributed by atoms with Gasteiger partial charge in [0.15, 0.2) is 0 Å². The van der Waals surface area contributed by atoms with Gasteiger partial charge in [-0.2, -0.15) is 0 Å². The molecule has 0 aliphatic rings. The fraction of sp³-hybridized carbons (Fsp3) is 1.00. The first-order valence-corrected chi connectivity index (χ1v) is 6.61. The highest BCUT2D eigenvalue weighted by Crippen LogP contribution is 2.42. The minimum Gasteiger partial charge on any atom is -0.392 e. The van der Waals surface area contributed by atoms with Gasteiger partial charge in [0.1, 0.15) is 0 Å². The molecular weight excluding hydrogens is 189 g/mol. The molecule has 0 rings (SSSR count). The van der Waals surface area contributed by atoms with Crippen LogP contribution in [-0.4, -0.2) is 35.0 Å². The van der Waals surface area contributed by atoms with Gasteiger partial charge >= 0.3 is 0 Å². The number of aliphatic hydroxyl groups excluding tert-OH is 1. The molecule has 0 aromatic heterocycles. The maximum atomic E-state index is 11.4. The van der Waals surface area contributed by atoms with E-state index < -0.39 is 13.5 Å². The quantitative estimate of drug-likeness (QED) is 0.560. The summed E-state index contributed by atoms with van der Waals surface area (Å²) in [6.45, 7) is 4.07. The van der Waals surface area contributed by atoms with Crippen LogP contribution in [0.1, 0.15) is 20.3 Å². The SMILES string of the molecule is CC(C)[C@@H](O)CP(=O)(O)CCCN. The molecule has 4 N–H and O–H groups in total. The van der Waals surface area contributed by atoms with Crippen molar-refractivity contribution in [1.29, 1.82) is 0 Å². The maximum absolute atomic E-state index is 11.4. The van der Waals surface area contributed by atoms with Crippen molar-refractivity contribution >= 4 is 7.37 Å². The van der Waals surface area contributed by atoms with Crippen LogP contribution in [0.3, 0.4) is 0 Å². The molecule has 0 amide bonds. The fourth-order valence-electron chi connectivity index (χ4n) is 0.933. The second kappa shape index (κ2) is 5.76. The summed E-state index contributed by atoms with van der Waals surface area (Å²) >= 11 is 0. The predicted octanol–water partition coefficient (Wildman–Crippen LogP) is 0.622. The largest absolute Gasteiger partial charge is 0.392 e. The van der Waals surface area contributed by atoms with E-state index in [-0.39, 0.29) is 18.2 Å². The first-order chi connectivity index (χ1) is 5.89. The fourth-order valence-corrected chi connectivity index (χ4v) is 2.80. The van der Waals surface area contributed by atoms with Gasteiger partial charge in [0.25, 0.3) is 0 Å². The average molecular weight is 209 g/mol. The summed E-state index contributed by atoms with van der Waals surface area (Å²) in [4.78, 5) is 9.40. The van der Waals surface area contributed by atoms with E-state index in [4.69, 9.17) is 5.73 Å². The lowest BCUT2D eigenvalue weighted by atomic mass is 10.1. The first-order valence-electron chi connectivity index (χ1n) is 4.58. The molecule has 0 heterocycles. The number of nitrogens with two attached hydrogens (primary N) is 1. The summed E-state index contributed by atoms with van der Waals surface area (Å²) in [5.41, 5.74) is 5.23. The maximum Gasteiger partial charge on any atom is 0.203 e. The van der Waals surface area contributed by atoms with Gasteiger partial charge in [0.2, 0.25) is 7.37 Å². The first kappa shape index (κ1) is 13.1. The van der Waals surface area contributed by atoms with Crippen LogP contribution in [0.15, 0.2) is 0 Å². The molecule has 0 radical (unpaired) electrons. The molecule has 5 heteroatoms. The topological polar surface area (TPSA) is 83.5 Å². The summed E-state index contributed by atoms with van der Waals surface area (Å²) < 4.78 is 11.4. The standard InChI is InChI=1S/C8H20NO3P/c1-7(2)8(10)6-13(11,12)5-3-4-9/h7-8,10H,3-6,9H2,1-2H3,(H,11,12)/t8-/m0/s1. The van der Waals surface area contributed by atoms with Crippen molar-refractivity contribution in [1.82, 2.24) is 0 Å². The molecule has 4 nitrogen and oxygen atoms in total. The summed E-state index contributed by atoms with van der Waals surface area (Å²) in [6, 6.07) is 0. The van der Waals surface area contributed by atoms with E-state index >= 15 is 0 Å². The molecular formula is C8H20NO3P. The second-order valence-corrected chi connectivity index (χ2v) is 6.21. The minimum absolute atomic E-state index is 0.00926.